The summed E-state index contributed by atoms with van der Waals surface area (Å²) in [5.74, 6) is 2.59. The highest BCUT2D eigenvalue weighted by molar-refractivity contribution is 9.10. The largest absolute Gasteiger partial charge is 0.227 e. The summed E-state index contributed by atoms with van der Waals surface area (Å²) in [6, 6.07) is 8.06. The molecule has 2 rings (SSSR count). The molecule has 0 aliphatic heterocycles. The van der Waals surface area contributed by atoms with Gasteiger partial charge in [0.05, 0.1) is 0 Å². The molecule has 1 aromatic heterocycles. The number of terminal acetylenes is 1. The van der Waals surface area contributed by atoms with Gasteiger partial charge in [0.15, 0.2) is 0 Å². The van der Waals surface area contributed by atoms with Crippen LogP contribution in [-0.2, 0) is 0 Å². The molecule has 0 atom stereocenters. The van der Waals surface area contributed by atoms with Crippen LogP contribution >= 0.6 is 27.3 Å². The average molecular weight is 278 g/mol. The maximum atomic E-state index is 5.35. The third-order valence-electron chi connectivity index (χ3n) is 2.02. The van der Waals surface area contributed by atoms with E-state index in [1.807, 2.05) is 31.2 Å². The minimum Gasteiger partial charge on any atom is -0.227 e. The number of halogens is 1. The smallest absolute Gasteiger partial charge is 0.127 e. The molecule has 0 saturated carbocycles. The molecule has 74 valence electrons. The van der Waals surface area contributed by atoms with Gasteiger partial charge in [-0.3, -0.25) is 0 Å². The maximum Gasteiger partial charge on any atom is 0.127 e. The van der Waals surface area contributed by atoms with Crippen molar-refractivity contribution >= 4 is 27.3 Å². The molecule has 0 radical (unpaired) electrons. The highest BCUT2D eigenvalue weighted by Gasteiger charge is 2.06. The van der Waals surface area contributed by atoms with Gasteiger partial charge in [0, 0.05) is 14.9 Å². The summed E-state index contributed by atoms with van der Waals surface area (Å²) in [7, 11) is 0. The van der Waals surface area contributed by atoms with E-state index in [1.165, 1.54) is 0 Å². The molecule has 0 aliphatic carbocycles. The van der Waals surface area contributed by atoms with E-state index in [9.17, 15) is 0 Å². The van der Waals surface area contributed by atoms with Crippen LogP contribution in [0.4, 0.5) is 0 Å². The van der Waals surface area contributed by atoms with Crippen molar-refractivity contribution in [2.75, 3.05) is 0 Å². The van der Waals surface area contributed by atoms with Gasteiger partial charge < -0.3 is 0 Å². The predicted octanol–water partition coefficient (Wildman–Crippen LogP) is 3.86. The molecule has 0 bridgehead atoms. The second-order valence-corrected chi connectivity index (χ2v) is 5.19. The van der Waals surface area contributed by atoms with Crippen LogP contribution in [0.25, 0.3) is 10.6 Å². The number of aryl methyl sites for hydroxylation is 1. The molecule has 1 aromatic carbocycles. The summed E-state index contributed by atoms with van der Waals surface area (Å²) >= 11 is 5.03. The standard InChI is InChI=1S/C12H8BrNS/c1-3-11-8(2)15-12(14-11)9-4-6-10(13)7-5-9/h1,4-7H,2H3. The Morgan fingerprint density at radius 1 is 1.33 bits per heavy atom. The molecule has 0 N–H and O–H groups in total. The first-order valence-electron chi connectivity index (χ1n) is 4.40. The molecule has 0 aliphatic rings. The fourth-order valence-electron chi connectivity index (χ4n) is 1.25. The normalized spacial score (nSPS) is 9.93. The van der Waals surface area contributed by atoms with Crippen LogP contribution < -0.4 is 0 Å². The molecule has 1 heterocycles. The minimum absolute atomic E-state index is 0.748. The van der Waals surface area contributed by atoms with Crippen molar-refractivity contribution in [3.63, 3.8) is 0 Å². The molecule has 0 unspecified atom stereocenters. The Hall–Kier alpha value is -1.11. The van der Waals surface area contributed by atoms with E-state index in [0.29, 0.717) is 0 Å². The van der Waals surface area contributed by atoms with Crippen molar-refractivity contribution in [1.82, 2.24) is 4.98 Å². The zero-order valence-corrected chi connectivity index (χ0v) is 10.5. The van der Waals surface area contributed by atoms with Gasteiger partial charge in [0.25, 0.3) is 0 Å². The summed E-state index contributed by atoms with van der Waals surface area (Å²) in [6.07, 6.45) is 5.35. The van der Waals surface area contributed by atoms with Crippen LogP contribution in [0.2, 0.25) is 0 Å². The fourth-order valence-corrected chi connectivity index (χ4v) is 2.39. The predicted molar refractivity (Wildman–Crippen MR) is 67.9 cm³/mol. The van der Waals surface area contributed by atoms with Crippen LogP contribution in [-0.4, -0.2) is 4.98 Å². The molecule has 0 fully saturated rings. The third kappa shape index (κ3) is 2.11. The van der Waals surface area contributed by atoms with Crippen LogP contribution in [0.1, 0.15) is 10.6 Å². The second-order valence-electron chi connectivity index (χ2n) is 3.08. The number of hydrogen-bond acceptors (Lipinski definition) is 2. The van der Waals surface area contributed by atoms with Gasteiger partial charge in [0.1, 0.15) is 10.7 Å². The van der Waals surface area contributed by atoms with E-state index in [0.717, 1.165) is 25.6 Å². The number of benzene rings is 1. The average Bonchev–Trinajstić information content (AvgIpc) is 2.61. The van der Waals surface area contributed by atoms with Crippen LogP contribution in [0.5, 0.6) is 0 Å². The molecule has 0 spiro atoms. The summed E-state index contributed by atoms with van der Waals surface area (Å²) < 4.78 is 1.07. The number of rotatable bonds is 1. The van der Waals surface area contributed by atoms with E-state index < -0.39 is 0 Å². The first-order chi connectivity index (χ1) is 7.20. The molecule has 3 heteroatoms. The summed E-state index contributed by atoms with van der Waals surface area (Å²) in [4.78, 5) is 5.49. The van der Waals surface area contributed by atoms with Crippen molar-refractivity contribution in [2.45, 2.75) is 6.92 Å². The summed E-state index contributed by atoms with van der Waals surface area (Å²) in [6.45, 7) is 2.00. The van der Waals surface area contributed by atoms with Crippen LogP contribution in [0.15, 0.2) is 28.7 Å². The van der Waals surface area contributed by atoms with E-state index in [-0.39, 0.29) is 0 Å². The van der Waals surface area contributed by atoms with Gasteiger partial charge in [-0.05, 0) is 25.0 Å². The molecular weight excluding hydrogens is 270 g/mol. The fraction of sp³-hybridized carbons (Fsp3) is 0.0833. The summed E-state index contributed by atoms with van der Waals surface area (Å²) in [5, 5.41) is 0.980. The Morgan fingerprint density at radius 3 is 2.53 bits per heavy atom. The molecule has 15 heavy (non-hydrogen) atoms. The highest BCUT2D eigenvalue weighted by atomic mass is 79.9. The zero-order valence-electron chi connectivity index (χ0n) is 8.12. The van der Waals surface area contributed by atoms with Crippen molar-refractivity contribution in [2.24, 2.45) is 0 Å². The quantitative estimate of drug-likeness (QED) is 0.722. The Labute approximate surface area is 101 Å². The minimum atomic E-state index is 0.748. The lowest BCUT2D eigenvalue weighted by Gasteiger charge is -1.95. The van der Waals surface area contributed by atoms with E-state index >= 15 is 0 Å². The van der Waals surface area contributed by atoms with Gasteiger partial charge in [-0.15, -0.1) is 17.8 Å². The Balaban J connectivity index is 2.46. The molecule has 0 amide bonds. The van der Waals surface area contributed by atoms with E-state index in [1.54, 1.807) is 11.3 Å². The second kappa shape index (κ2) is 4.18. The number of hydrogen-bond donors (Lipinski definition) is 0. The lowest BCUT2D eigenvalue weighted by atomic mass is 10.2. The van der Waals surface area contributed by atoms with Crippen LogP contribution in [0, 0.1) is 19.3 Å². The third-order valence-corrected chi connectivity index (χ3v) is 3.57. The van der Waals surface area contributed by atoms with Crippen LogP contribution in [0.3, 0.4) is 0 Å². The summed E-state index contributed by atoms with van der Waals surface area (Å²) in [5.41, 5.74) is 1.85. The van der Waals surface area contributed by atoms with Gasteiger partial charge in [-0.1, -0.05) is 28.1 Å². The highest BCUT2D eigenvalue weighted by Crippen LogP contribution is 2.28. The van der Waals surface area contributed by atoms with Crippen molar-refractivity contribution in [1.29, 1.82) is 0 Å². The molecule has 0 saturated heterocycles. The Bertz CT molecular complexity index is 520. The SMILES string of the molecule is C#Cc1nc(-c2ccc(Br)cc2)sc1C. The topological polar surface area (TPSA) is 12.9 Å². The van der Waals surface area contributed by atoms with Gasteiger partial charge in [0.2, 0.25) is 0 Å². The van der Waals surface area contributed by atoms with Gasteiger partial charge >= 0.3 is 0 Å². The Kier molecular flexibility index (Phi) is 2.90. The maximum absolute atomic E-state index is 5.35. The zero-order chi connectivity index (χ0) is 10.8. The first kappa shape index (κ1) is 10.4. The van der Waals surface area contributed by atoms with Gasteiger partial charge in [-0.2, -0.15) is 0 Å². The van der Waals surface area contributed by atoms with Gasteiger partial charge in [-0.25, -0.2) is 4.98 Å². The van der Waals surface area contributed by atoms with E-state index in [4.69, 9.17) is 6.42 Å². The molecule has 1 nitrogen and oxygen atoms in total. The number of thiazole rings is 1. The number of aromatic nitrogens is 1. The Morgan fingerprint density at radius 2 is 2.00 bits per heavy atom. The first-order valence-corrected chi connectivity index (χ1v) is 6.01. The van der Waals surface area contributed by atoms with E-state index in [2.05, 4.69) is 26.8 Å². The monoisotopic (exact) mass is 277 g/mol. The lowest BCUT2D eigenvalue weighted by Crippen LogP contribution is -1.78. The van der Waals surface area contributed by atoms with Crippen molar-refractivity contribution < 1.29 is 0 Å². The van der Waals surface area contributed by atoms with Crippen molar-refractivity contribution in [3.8, 4) is 22.9 Å². The lowest BCUT2D eigenvalue weighted by molar-refractivity contribution is 1.33. The molecule has 2 aromatic rings. The number of nitrogens with zero attached hydrogens (tertiary/aromatic N) is 1. The van der Waals surface area contributed by atoms with Crippen molar-refractivity contribution in [3.05, 3.63) is 39.3 Å². The molecular formula is C12H8BrNS.